The van der Waals surface area contributed by atoms with E-state index in [1.807, 2.05) is 6.92 Å². The van der Waals surface area contributed by atoms with E-state index in [-0.39, 0.29) is 5.91 Å². The quantitative estimate of drug-likeness (QED) is 0.553. The average molecular weight is 283 g/mol. The summed E-state index contributed by atoms with van der Waals surface area (Å²) in [6.45, 7) is 4.04. The molecule has 4 heteroatoms. The molecule has 0 saturated carbocycles. The molecule has 3 nitrogen and oxygen atoms in total. The smallest absolute Gasteiger partial charge is 0.224 e. The highest BCUT2D eigenvalue weighted by Gasteiger charge is 2.05. The standard InChI is InChI=1S/C15H23ClN2O/c1-3-4-5-6-7-8-9-15(19)18-13-10-11-14(16)17-12(13)2/h10-11H,3-9H2,1-2H3,(H,18,19). The van der Waals surface area contributed by atoms with Crippen molar-refractivity contribution < 1.29 is 4.79 Å². The topological polar surface area (TPSA) is 42.0 Å². The molecule has 1 aromatic rings. The van der Waals surface area contributed by atoms with E-state index in [0.29, 0.717) is 11.6 Å². The van der Waals surface area contributed by atoms with Crippen molar-refractivity contribution in [2.45, 2.75) is 58.8 Å². The largest absolute Gasteiger partial charge is 0.325 e. The van der Waals surface area contributed by atoms with Crippen LogP contribution in [-0.4, -0.2) is 10.9 Å². The summed E-state index contributed by atoms with van der Waals surface area (Å²) < 4.78 is 0. The van der Waals surface area contributed by atoms with Crippen molar-refractivity contribution in [2.75, 3.05) is 5.32 Å². The minimum absolute atomic E-state index is 0.0581. The van der Waals surface area contributed by atoms with Crippen molar-refractivity contribution in [3.8, 4) is 0 Å². The van der Waals surface area contributed by atoms with E-state index in [1.54, 1.807) is 12.1 Å². The first-order chi connectivity index (χ1) is 9.13. The second-order valence-electron chi connectivity index (χ2n) is 4.83. The molecule has 19 heavy (non-hydrogen) atoms. The third-order valence-corrected chi connectivity index (χ3v) is 3.29. The van der Waals surface area contributed by atoms with Gasteiger partial charge in [0.2, 0.25) is 5.91 Å². The molecule has 0 radical (unpaired) electrons. The molecule has 1 amide bonds. The zero-order valence-electron chi connectivity index (χ0n) is 11.8. The number of carbonyl (C=O) groups excluding carboxylic acids is 1. The van der Waals surface area contributed by atoms with Gasteiger partial charge in [0.15, 0.2) is 0 Å². The second kappa shape index (κ2) is 8.92. The lowest BCUT2D eigenvalue weighted by atomic mass is 10.1. The first-order valence-corrected chi connectivity index (χ1v) is 7.44. The van der Waals surface area contributed by atoms with Crippen molar-refractivity contribution in [3.05, 3.63) is 23.0 Å². The van der Waals surface area contributed by atoms with Crippen LogP contribution in [0.5, 0.6) is 0 Å². The van der Waals surface area contributed by atoms with Crippen molar-refractivity contribution in [2.24, 2.45) is 0 Å². The summed E-state index contributed by atoms with van der Waals surface area (Å²) in [6, 6.07) is 3.48. The van der Waals surface area contributed by atoms with Gasteiger partial charge in [0.1, 0.15) is 5.15 Å². The van der Waals surface area contributed by atoms with Crippen LogP contribution in [0.4, 0.5) is 5.69 Å². The average Bonchev–Trinajstić information content (AvgIpc) is 2.37. The summed E-state index contributed by atoms with van der Waals surface area (Å²) in [4.78, 5) is 15.9. The summed E-state index contributed by atoms with van der Waals surface area (Å²) in [5.74, 6) is 0.0581. The number of hydrogen-bond acceptors (Lipinski definition) is 2. The van der Waals surface area contributed by atoms with Crippen molar-refractivity contribution >= 4 is 23.2 Å². The molecule has 0 saturated heterocycles. The monoisotopic (exact) mass is 282 g/mol. The molecule has 106 valence electrons. The molecule has 0 bridgehead atoms. The Morgan fingerprint density at radius 3 is 2.58 bits per heavy atom. The van der Waals surface area contributed by atoms with Gasteiger partial charge in [-0.2, -0.15) is 0 Å². The van der Waals surface area contributed by atoms with Crippen LogP contribution in [0.25, 0.3) is 0 Å². The number of anilines is 1. The first kappa shape index (κ1) is 16.0. The SMILES string of the molecule is CCCCCCCCC(=O)Nc1ccc(Cl)nc1C. The Labute approximate surface area is 120 Å². The number of halogens is 1. The van der Waals surface area contributed by atoms with Crippen LogP contribution in [0.15, 0.2) is 12.1 Å². The molecule has 0 aliphatic heterocycles. The predicted octanol–water partition coefficient (Wildman–Crippen LogP) is 4.73. The third kappa shape index (κ3) is 6.58. The highest BCUT2D eigenvalue weighted by Crippen LogP contribution is 2.16. The van der Waals surface area contributed by atoms with Gasteiger partial charge in [0.25, 0.3) is 0 Å². The number of hydrogen-bond donors (Lipinski definition) is 1. The van der Waals surface area contributed by atoms with Gasteiger partial charge in [-0.25, -0.2) is 4.98 Å². The number of amides is 1. The summed E-state index contributed by atoms with van der Waals surface area (Å²) in [5, 5.41) is 3.33. The lowest BCUT2D eigenvalue weighted by Crippen LogP contribution is -2.12. The zero-order valence-corrected chi connectivity index (χ0v) is 12.6. The van der Waals surface area contributed by atoms with Gasteiger partial charge in [-0.05, 0) is 25.5 Å². The van der Waals surface area contributed by atoms with Gasteiger partial charge in [-0.15, -0.1) is 0 Å². The Hall–Kier alpha value is -1.09. The lowest BCUT2D eigenvalue weighted by Gasteiger charge is -2.07. The van der Waals surface area contributed by atoms with Gasteiger partial charge >= 0.3 is 0 Å². The summed E-state index contributed by atoms with van der Waals surface area (Å²) in [6.07, 6.45) is 7.71. The van der Waals surface area contributed by atoms with E-state index >= 15 is 0 Å². The van der Waals surface area contributed by atoms with E-state index in [9.17, 15) is 4.79 Å². The number of nitrogens with one attached hydrogen (secondary N) is 1. The molecule has 0 fully saturated rings. The number of unbranched alkanes of at least 4 members (excludes halogenated alkanes) is 5. The number of aromatic nitrogens is 1. The fourth-order valence-electron chi connectivity index (χ4n) is 1.94. The fourth-order valence-corrected chi connectivity index (χ4v) is 2.13. The number of rotatable bonds is 8. The molecule has 0 atom stereocenters. The molecule has 0 aromatic carbocycles. The highest BCUT2D eigenvalue weighted by atomic mass is 35.5. The van der Waals surface area contributed by atoms with E-state index in [4.69, 9.17) is 11.6 Å². The highest BCUT2D eigenvalue weighted by molar-refractivity contribution is 6.29. The molecule has 0 aliphatic carbocycles. The predicted molar refractivity (Wildman–Crippen MR) is 80.6 cm³/mol. The van der Waals surface area contributed by atoms with Crippen LogP contribution in [0.2, 0.25) is 5.15 Å². The van der Waals surface area contributed by atoms with Gasteiger partial charge < -0.3 is 5.32 Å². The zero-order chi connectivity index (χ0) is 14.1. The van der Waals surface area contributed by atoms with Gasteiger partial charge in [-0.1, -0.05) is 50.6 Å². The number of nitrogens with zero attached hydrogens (tertiary/aromatic N) is 1. The van der Waals surface area contributed by atoms with Crippen molar-refractivity contribution in [3.63, 3.8) is 0 Å². The third-order valence-electron chi connectivity index (χ3n) is 3.08. The van der Waals surface area contributed by atoms with E-state index in [2.05, 4.69) is 17.2 Å². The van der Waals surface area contributed by atoms with E-state index in [0.717, 1.165) is 24.2 Å². The normalized spacial score (nSPS) is 10.5. The Bertz CT molecular complexity index is 407. The maximum absolute atomic E-state index is 11.8. The molecule has 1 rings (SSSR count). The lowest BCUT2D eigenvalue weighted by molar-refractivity contribution is -0.116. The van der Waals surface area contributed by atoms with Crippen molar-refractivity contribution in [1.29, 1.82) is 0 Å². The second-order valence-corrected chi connectivity index (χ2v) is 5.22. The summed E-state index contributed by atoms with van der Waals surface area (Å²) in [7, 11) is 0. The minimum Gasteiger partial charge on any atom is -0.325 e. The molecule has 0 spiro atoms. The molecular weight excluding hydrogens is 260 g/mol. The molecule has 1 N–H and O–H groups in total. The molecule has 1 aromatic heterocycles. The Morgan fingerprint density at radius 1 is 1.21 bits per heavy atom. The Kier molecular flexibility index (Phi) is 7.49. The van der Waals surface area contributed by atoms with Crippen LogP contribution in [0.1, 0.15) is 57.6 Å². The van der Waals surface area contributed by atoms with Gasteiger partial charge in [0.05, 0.1) is 11.4 Å². The van der Waals surface area contributed by atoms with Crippen LogP contribution in [-0.2, 0) is 4.79 Å². The maximum atomic E-state index is 11.8. The maximum Gasteiger partial charge on any atom is 0.224 e. The van der Waals surface area contributed by atoms with E-state index < -0.39 is 0 Å². The summed E-state index contributed by atoms with van der Waals surface area (Å²) in [5.41, 5.74) is 1.50. The number of aryl methyl sites for hydroxylation is 1. The van der Waals surface area contributed by atoms with Gasteiger partial charge in [-0.3, -0.25) is 4.79 Å². The van der Waals surface area contributed by atoms with Crippen LogP contribution in [0.3, 0.4) is 0 Å². The van der Waals surface area contributed by atoms with E-state index in [1.165, 1.54) is 25.7 Å². The van der Waals surface area contributed by atoms with Crippen LogP contribution >= 0.6 is 11.6 Å². The number of carbonyl (C=O) groups is 1. The molecular formula is C15H23ClN2O. The van der Waals surface area contributed by atoms with Crippen molar-refractivity contribution in [1.82, 2.24) is 4.98 Å². The fraction of sp³-hybridized carbons (Fsp3) is 0.600. The number of pyridine rings is 1. The first-order valence-electron chi connectivity index (χ1n) is 7.06. The van der Waals surface area contributed by atoms with Gasteiger partial charge in [0, 0.05) is 6.42 Å². The minimum atomic E-state index is 0.0581. The van der Waals surface area contributed by atoms with Crippen LogP contribution < -0.4 is 5.32 Å². The Morgan fingerprint density at radius 2 is 1.89 bits per heavy atom. The Balaban J connectivity index is 2.23. The van der Waals surface area contributed by atoms with Crippen LogP contribution in [0, 0.1) is 6.92 Å². The molecule has 0 aliphatic rings. The summed E-state index contributed by atoms with van der Waals surface area (Å²) >= 11 is 5.77. The molecule has 1 heterocycles. The molecule has 0 unspecified atom stereocenters.